The fraction of sp³-hybridized carbons (Fsp3) is 0.429. The highest BCUT2D eigenvalue weighted by molar-refractivity contribution is 7.89. The molecular formula is C21H24N4O3S2. The Labute approximate surface area is 181 Å². The van der Waals surface area contributed by atoms with Crippen LogP contribution in [0.1, 0.15) is 24.0 Å². The van der Waals surface area contributed by atoms with Crippen LogP contribution in [-0.2, 0) is 21.4 Å². The van der Waals surface area contributed by atoms with Crippen molar-refractivity contribution in [1.82, 2.24) is 14.1 Å². The van der Waals surface area contributed by atoms with Crippen LogP contribution in [0.2, 0.25) is 0 Å². The van der Waals surface area contributed by atoms with E-state index in [0.717, 1.165) is 19.4 Å². The van der Waals surface area contributed by atoms with Crippen LogP contribution in [0.15, 0.2) is 46.0 Å². The number of nitrogens with zero attached hydrogens (tertiary/aromatic N) is 4. The van der Waals surface area contributed by atoms with E-state index in [2.05, 4.69) is 16.3 Å². The van der Waals surface area contributed by atoms with E-state index in [1.165, 1.54) is 22.0 Å². The molecule has 0 bridgehead atoms. The number of rotatable bonds is 7. The first kappa shape index (κ1) is 21.0. The average molecular weight is 445 g/mol. The maximum atomic E-state index is 13.0. The highest BCUT2D eigenvalue weighted by Gasteiger charge is 2.34. The molecule has 30 heavy (non-hydrogen) atoms. The predicted molar refractivity (Wildman–Crippen MR) is 114 cm³/mol. The molecule has 9 heteroatoms. The zero-order valence-corrected chi connectivity index (χ0v) is 18.2. The van der Waals surface area contributed by atoms with Gasteiger partial charge in [-0.15, -0.1) is 0 Å². The van der Waals surface area contributed by atoms with Crippen LogP contribution < -0.4 is 0 Å². The Bertz CT molecular complexity index is 1030. The molecule has 0 radical (unpaired) electrons. The minimum Gasteiger partial charge on any atom is -0.339 e. The first-order valence-electron chi connectivity index (χ1n) is 10.0. The molecule has 1 aromatic heterocycles. The second-order valence-electron chi connectivity index (χ2n) is 7.66. The fourth-order valence-electron chi connectivity index (χ4n) is 3.75. The van der Waals surface area contributed by atoms with E-state index in [4.69, 9.17) is 0 Å². The number of carbonyl (C=O) groups excluding carboxylic acids is 1. The lowest BCUT2D eigenvalue weighted by Crippen LogP contribution is -2.52. The van der Waals surface area contributed by atoms with Crippen molar-refractivity contribution in [2.24, 2.45) is 0 Å². The molecule has 0 atom stereocenters. The largest absolute Gasteiger partial charge is 0.339 e. The number of carbonyl (C=O) groups is 1. The summed E-state index contributed by atoms with van der Waals surface area (Å²) >= 11 is 1.66. The van der Waals surface area contributed by atoms with Gasteiger partial charge in [0.05, 0.1) is 17.0 Å². The Kier molecular flexibility index (Phi) is 6.20. The number of thiophene rings is 1. The topological polar surface area (TPSA) is 84.7 Å². The van der Waals surface area contributed by atoms with E-state index in [9.17, 15) is 18.5 Å². The lowest BCUT2D eigenvalue weighted by Gasteiger charge is -2.35. The van der Waals surface area contributed by atoms with Crippen molar-refractivity contribution < 1.29 is 13.2 Å². The molecule has 0 unspecified atom stereocenters. The third-order valence-corrected chi connectivity index (χ3v) is 8.27. The van der Waals surface area contributed by atoms with Crippen molar-refractivity contribution in [2.75, 3.05) is 32.7 Å². The van der Waals surface area contributed by atoms with Crippen LogP contribution in [0.5, 0.6) is 0 Å². The maximum Gasteiger partial charge on any atom is 0.244 e. The molecule has 1 amide bonds. The number of amides is 1. The van der Waals surface area contributed by atoms with E-state index in [1.54, 1.807) is 28.4 Å². The molecule has 1 aliphatic carbocycles. The summed E-state index contributed by atoms with van der Waals surface area (Å²) in [5, 5.41) is 13.4. The summed E-state index contributed by atoms with van der Waals surface area (Å²) in [6, 6.07) is 10.7. The second kappa shape index (κ2) is 8.86. The maximum absolute atomic E-state index is 13.0. The molecule has 1 aliphatic heterocycles. The van der Waals surface area contributed by atoms with Crippen molar-refractivity contribution in [3.63, 3.8) is 0 Å². The van der Waals surface area contributed by atoms with Gasteiger partial charge in [0.1, 0.15) is 6.07 Å². The Morgan fingerprint density at radius 2 is 1.90 bits per heavy atom. The number of nitriles is 1. The number of sulfonamides is 1. The Morgan fingerprint density at radius 1 is 1.17 bits per heavy atom. The van der Waals surface area contributed by atoms with Crippen molar-refractivity contribution in [3.8, 4) is 6.07 Å². The van der Waals surface area contributed by atoms with Crippen LogP contribution in [-0.4, -0.2) is 67.2 Å². The van der Waals surface area contributed by atoms with Crippen molar-refractivity contribution in [3.05, 3.63) is 52.2 Å². The first-order chi connectivity index (χ1) is 14.5. The third kappa shape index (κ3) is 4.57. The summed E-state index contributed by atoms with van der Waals surface area (Å²) in [4.78, 5) is 16.9. The minimum absolute atomic E-state index is 0.0305. The molecule has 2 heterocycles. The second-order valence-corrected chi connectivity index (χ2v) is 10.3. The van der Waals surface area contributed by atoms with Gasteiger partial charge in [-0.1, -0.05) is 12.1 Å². The third-order valence-electron chi connectivity index (χ3n) is 5.58. The van der Waals surface area contributed by atoms with Crippen molar-refractivity contribution in [1.29, 1.82) is 5.26 Å². The molecule has 2 fully saturated rings. The minimum atomic E-state index is -3.75. The number of benzene rings is 1. The summed E-state index contributed by atoms with van der Waals surface area (Å²) < 4.78 is 27.3. The summed E-state index contributed by atoms with van der Waals surface area (Å²) in [6.45, 7) is 2.35. The quantitative estimate of drug-likeness (QED) is 0.653. The molecular weight excluding hydrogens is 420 g/mol. The predicted octanol–water partition coefficient (Wildman–Crippen LogP) is 2.12. The van der Waals surface area contributed by atoms with Gasteiger partial charge in [0.15, 0.2) is 0 Å². The van der Waals surface area contributed by atoms with E-state index in [0.29, 0.717) is 25.7 Å². The van der Waals surface area contributed by atoms with Crippen molar-refractivity contribution in [2.45, 2.75) is 30.3 Å². The monoisotopic (exact) mass is 444 g/mol. The zero-order valence-electron chi connectivity index (χ0n) is 16.6. The summed E-state index contributed by atoms with van der Waals surface area (Å²) in [6.07, 6.45) is 2.25. The molecule has 1 saturated carbocycles. The number of piperazine rings is 1. The lowest BCUT2D eigenvalue weighted by molar-refractivity contribution is -0.133. The summed E-state index contributed by atoms with van der Waals surface area (Å²) in [5.41, 5.74) is 1.37. The highest BCUT2D eigenvalue weighted by Crippen LogP contribution is 2.29. The van der Waals surface area contributed by atoms with Gasteiger partial charge in [0.25, 0.3) is 0 Å². The lowest BCUT2D eigenvalue weighted by atomic mass is 10.2. The smallest absolute Gasteiger partial charge is 0.244 e. The van der Waals surface area contributed by atoms with Gasteiger partial charge in [0.2, 0.25) is 15.9 Å². The fourth-order valence-corrected chi connectivity index (χ4v) is 5.97. The first-order valence-corrected chi connectivity index (χ1v) is 12.4. The molecule has 1 aromatic carbocycles. The average Bonchev–Trinajstić information content (AvgIpc) is 3.50. The van der Waals surface area contributed by atoms with Gasteiger partial charge in [-0.25, -0.2) is 8.42 Å². The standard InChI is InChI=1S/C21H24N4O3S2/c22-13-18-3-1-2-4-20(18)30(27,28)25-10-8-23(9-11-25)21(26)15-24(19-5-6-19)14-17-7-12-29-16-17/h1-4,7,12,16,19H,5-6,8-11,14-15H2. The number of hydrogen-bond acceptors (Lipinski definition) is 6. The van der Waals surface area contributed by atoms with Gasteiger partial charge in [-0.05, 0) is 47.4 Å². The molecule has 2 aliphatic rings. The van der Waals surface area contributed by atoms with Crippen LogP contribution >= 0.6 is 11.3 Å². The van der Waals surface area contributed by atoms with Crippen LogP contribution in [0.4, 0.5) is 0 Å². The molecule has 158 valence electrons. The summed E-state index contributed by atoms with van der Waals surface area (Å²) in [7, 11) is -3.75. The van der Waals surface area contributed by atoms with E-state index < -0.39 is 10.0 Å². The molecule has 0 N–H and O–H groups in total. The van der Waals surface area contributed by atoms with Gasteiger partial charge in [-0.3, -0.25) is 9.69 Å². The molecule has 7 nitrogen and oxygen atoms in total. The van der Waals surface area contributed by atoms with Crippen LogP contribution in [0.25, 0.3) is 0 Å². The van der Waals surface area contributed by atoms with E-state index >= 15 is 0 Å². The van der Waals surface area contributed by atoms with E-state index in [-0.39, 0.29) is 29.5 Å². The molecule has 4 rings (SSSR count). The van der Waals surface area contributed by atoms with Gasteiger partial charge in [-0.2, -0.15) is 20.9 Å². The SMILES string of the molecule is N#Cc1ccccc1S(=O)(=O)N1CCN(C(=O)CN(Cc2ccsc2)C2CC2)CC1. The molecule has 0 spiro atoms. The normalized spacial score (nSPS) is 17.8. The Morgan fingerprint density at radius 3 is 2.53 bits per heavy atom. The Balaban J connectivity index is 1.37. The summed E-state index contributed by atoms with van der Waals surface area (Å²) in [5.74, 6) is 0.0478. The zero-order chi connectivity index (χ0) is 21.1. The molecule has 2 aromatic rings. The molecule has 1 saturated heterocycles. The van der Waals surface area contributed by atoms with Gasteiger partial charge >= 0.3 is 0 Å². The van der Waals surface area contributed by atoms with Crippen LogP contribution in [0.3, 0.4) is 0 Å². The van der Waals surface area contributed by atoms with Crippen LogP contribution in [0, 0.1) is 11.3 Å². The van der Waals surface area contributed by atoms with Crippen molar-refractivity contribution >= 4 is 27.3 Å². The van der Waals surface area contributed by atoms with Gasteiger partial charge in [0, 0.05) is 38.8 Å². The number of hydrogen-bond donors (Lipinski definition) is 0. The Hall–Kier alpha value is -2.25. The van der Waals surface area contributed by atoms with E-state index in [1.807, 2.05) is 11.4 Å². The van der Waals surface area contributed by atoms with Gasteiger partial charge < -0.3 is 4.90 Å². The highest BCUT2D eigenvalue weighted by atomic mass is 32.2.